The zero-order valence-corrected chi connectivity index (χ0v) is 6.11. The first-order chi connectivity index (χ1) is 4.33. The summed E-state index contributed by atoms with van der Waals surface area (Å²) in [5.41, 5.74) is 0.764. The molecule has 0 radical (unpaired) electrons. The molecule has 9 heavy (non-hydrogen) atoms. The molecule has 1 atom stereocenters. The first kappa shape index (κ1) is 5.72. The van der Waals surface area contributed by atoms with Gasteiger partial charge in [0.1, 0.15) is 0 Å². The summed E-state index contributed by atoms with van der Waals surface area (Å²) in [5, 5.41) is 3.37. The molecule has 0 amide bonds. The average Bonchev–Trinajstić information content (AvgIpc) is 2.07. The largest absolute Gasteiger partial charge is 0.316 e. The molecule has 1 spiro atoms. The van der Waals surface area contributed by atoms with Crippen LogP contribution in [0, 0.1) is 11.3 Å². The van der Waals surface area contributed by atoms with Crippen molar-refractivity contribution < 1.29 is 0 Å². The van der Waals surface area contributed by atoms with E-state index in [0.29, 0.717) is 0 Å². The SMILES string of the molecule is C[C@@H]1CCCC12CNC2. The van der Waals surface area contributed by atoms with Crippen LogP contribution >= 0.6 is 0 Å². The van der Waals surface area contributed by atoms with Gasteiger partial charge in [-0.15, -0.1) is 0 Å². The van der Waals surface area contributed by atoms with Gasteiger partial charge in [0, 0.05) is 13.1 Å². The molecule has 0 aromatic heterocycles. The smallest absolute Gasteiger partial charge is 0.00228 e. The predicted octanol–water partition coefficient (Wildman–Crippen LogP) is 1.40. The second-order valence-electron chi connectivity index (χ2n) is 3.76. The Bertz CT molecular complexity index is 116. The molecule has 1 heteroatoms. The van der Waals surface area contributed by atoms with Gasteiger partial charge in [0.05, 0.1) is 0 Å². The van der Waals surface area contributed by atoms with E-state index in [-0.39, 0.29) is 0 Å². The summed E-state index contributed by atoms with van der Waals surface area (Å²) in [6.45, 7) is 5.01. The minimum atomic E-state index is 0.764. The van der Waals surface area contributed by atoms with E-state index in [2.05, 4.69) is 12.2 Å². The fourth-order valence-corrected chi connectivity index (χ4v) is 2.28. The molecule has 1 saturated carbocycles. The van der Waals surface area contributed by atoms with Crippen LogP contribution in [0.4, 0.5) is 0 Å². The van der Waals surface area contributed by atoms with Gasteiger partial charge in [0.15, 0.2) is 0 Å². The number of hydrogen-bond donors (Lipinski definition) is 1. The van der Waals surface area contributed by atoms with Gasteiger partial charge in [0.25, 0.3) is 0 Å². The van der Waals surface area contributed by atoms with Crippen LogP contribution in [0.1, 0.15) is 26.2 Å². The highest BCUT2D eigenvalue weighted by Crippen LogP contribution is 2.45. The van der Waals surface area contributed by atoms with Crippen molar-refractivity contribution in [2.24, 2.45) is 11.3 Å². The highest BCUT2D eigenvalue weighted by molar-refractivity contribution is 4.99. The molecular weight excluding hydrogens is 110 g/mol. The Morgan fingerprint density at radius 3 is 2.44 bits per heavy atom. The Kier molecular flexibility index (Phi) is 1.10. The molecule has 1 aliphatic carbocycles. The quantitative estimate of drug-likeness (QED) is 0.516. The molecule has 0 aromatic carbocycles. The molecular formula is C8H15N. The van der Waals surface area contributed by atoms with Gasteiger partial charge in [-0.25, -0.2) is 0 Å². The maximum Gasteiger partial charge on any atom is 0.00228 e. The second kappa shape index (κ2) is 1.72. The third kappa shape index (κ3) is 0.644. The summed E-state index contributed by atoms with van der Waals surface area (Å²) in [6, 6.07) is 0. The van der Waals surface area contributed by atoms with Gasteiger partial charge in [-0.1, -0.05) is 19.8 Å². The van der Waals surface area contributed by atoms with Crippen molar-refractivity contribution in [2.45, 2.75) is 26.2 Å². The Morgan fingerprint density at radius 2 is 2.22 bits per heavy atom. The van der Waals surface area contributed by atoms with Crippen LogP contribution in [0.3, 0.4) is 0 Å². The van der Waals surface area contributed by atoms with Gasteiger partial charge in [0.2, 0.25) is 0 Å². The van der Waals surface area contributed by atoms with Crippen LogP contribution < -0.4 is 5.32 Å². The Balaban J connectivity index is 2.09. The Morgan fingerprint density at radius 1 is 1.44 bits per heavy atom. The van der Waals surface area contributed by atoms with Gasteiger partial charge in [-0.05, 0) is 17.8 Å². The van der Waals surface area contributed by atoms with Gasteiger partial charge in [-0.2, -0.15) is 0 Å². The second-order valence-corrected chi connectivity index (χ2v) is 3.76. The molecule has 1 nitrogen and oxygen atoms in total. The van der Waals surface area contributed by atoms with E-state index in [0.717, 1.165) is 11.3 Å². The molecule has 2 rings (SSSR count). The minimum absolute atomic E-state index is 0.764. The van der Waals surface area contributed by atoms with Crippen molar-refractivity contribution in [3.8, 4) is 0 Å². The standard InChI is InChI=1S/C8H15N/c1-7-3-2-4-8(7)5-9-6-8/h7,9H,2-6H2,1H3/t7-/m1/s1. The van der Waals surface area contributed by atoms with Crippen LogP contribution in [0.2, 0.25) is 0 Å². The van der Waals surface area contributed by atoms with E-state index in [1.54, 1.807) is 0 Å². The third-order valence-electron chi connectivity index (χ3n) is 3.31. The van der Waals surface area contributed by atoms with Crippen LogP contribution in [0.5, 0.6) is 0 Å². The molecule has 0 unspecified atom stereocenters. The van der Waals surface area contributed by atoms with Crippen molar-refractivity contribution in [3.05, 3.63) is 0 Å². The molecule has 1 saturated heterocycles. The van der Waals surface area contributed by atoms with E-state index in [1.165, 1.54) is 32.4 Å². The fourth-order valence-electron chi connectivity index (χ4n) is 2.28. The summed E-state index contributed by atoms with van der Waals surface area (Å²) in [4.78, 5) is 0. The molecule has 1 heterocycles. The van der Waals surface area contributed by atoms with Crippen LogP contribution in [-0.2, 0) is 0 Å². The summed E-state index contributed by atoms with van der Waals surface area (Å²) in [7, 11) is 0. The fraction of sp³-hybridized carbons (Fsp3) is 1.00. The summed E-state index contributed by atoms with van der Waals surface area (Å²) < 4.78 is 0. The lowest BCUT2D eigenvalue weighted by Crippen LogP contribution is -2.54. The molecule has 0 aromatic rings. The molecule has 52 valence electrons. The number of nitrogens with one attached hydrogen (secondary N) is 1. The summed E-state index contributed by atoms with van der Waals surface area (Å²) >= 11 is 0. The van der Waals surface area contributed by atoms with E-state index in [1.807, 2.05) is 0 Å². The summed E-state index contributed by atoms with van der Waals surface area (Å²) in [6.07, 6.45) is 4.44. The van der Waals surface area contributed by atoms with Crippen LogP contribution in [0.25, 0.3) is 0 Å². The first-order valence-corrected chi connectivity index (χ1v) is 4.04. The van der Waals surface area contributed by atoms with Crippen molar-refractivity contribution in [2.75, 3.05) is 13.1 Å². The lowest BCUT2D eigenvalue weighted by atomic mass is 9.74. The lowest BCUT2D eigenvalue weighted by Gasteiger charge is -2.43. The number of hydrogen-bond acceptors (Lipinski definition) is 1. The first-order valence-electron chi connectivity index (χ1n) is 4.04. The van der Waals surface area contributed by atoms with Gasteiger partial charge in [-0.3, -0.25) is 0 Å². The highest BCUT2D eigenvalue weighted by Gasteiger charge is 2.44. The lowest BCUT2D eigenvalue weighted by molar-refractivity contribution is 0.120. The van der Waals surface area contributed by atoms with E-state index < -0.39 is 0 Å². The molecule has 0 bridgehead atoms. The van der Waals surface area contributed by atoms with E-state index in [4.69, 9.17) is 0 Å². The maximum atomic E-state index is 3.37. The van der Waals surface area contributed by atoms with E-state index in [9.17, 15) is 0 Å². The molecule has 1 aliphatic heterocycles. The van der Waals surface area contributed by atoms with Gasteiger partial charge >= 0.3 is 0 Å². The van der Waals surface area contributed by atoms with Crippen molar-refractivity contribution >= 4 is 0 Å². The third-order valence-corrected chi connectivity index (χ3v) is 3.31. The monoisotopic (exact) mass is 125 g/mol. The molecule has 2 fully saturated rings. The Hall–Kier alpha value is -0.0400. The minimum Gasteiger partial charge on any atom is -0.316 e. The predicted molar refractivity (Wildman–Crippen MR) is 38.3 cm³/mol. The van der Waals surface area contributed by atoms with E-state index >= 15 is 0 Å². The zero-order chi connectivity index (χ0) is 6.32. The average molecular weight is 125 g/mol. The van der Waals surface area contributed by atoms with Crippen molar-refractivity contribution in [3.63, 3.8) is 0 Å². The highest BCUT2D eigenvalue weighted by atomic mass is 15.0. The van der Waals surface area contributed by atoms with Crippen molar-refractivity contribution in [1.82, 2.24) is 5.32 Å². The maximum absolute atomic E-state index is 3.37. The summed E-state index contributed by atoms with van der Waals surface area (Å²) in [5.74, 6) is 0.999. The topological polar surface area (TPSA) is 12.0 Å². The van der Waals surface area contributed by atoms with Crippen molar-refractivity contribution in [1.29, 1.82) is 0 Å². The molecule has 1 N–H and O–H groups in total. The normalized spacial score (nSPS) is 39.0. The number of rotatable bonds is 0. The zero-order valence-electron chi connectivity index (χ0n) is 6.11. The van der Waals surface area contributed by atoms with Crippen LogP contribution in [0.15, 0.2) is 0 Å². The molecule has 2 aliphatic rings. The van der Waals surface area contributed by atoms with Gasteiger partial charge < -0.3 is 5.32 Å². The Labute approximate surface area is 56.8 Å². The van der Waals surface area contributed by atoms with Crippen LogP contribution in [-0.4, -0.2) is 13.1 Å².